The summed E-state index contributed by atoms with van der Waals surface area (Å²) >= 11 is 11.8. The predicted molar refractivity (Wildman–Crippen MR) is 512 cm³/mol. The van der Waals surface area contributed by atoms with Gasteiger partial charge in [0.25, 0.3) is 23.6 Å². The molecule has 136 heavy (non-hydrogen) atoms. The number of allylic oxidation sites excluding steroid dienone is 4. The van der Waals surface area contributed by atoms with Crippen molar-refractivity contribution in [2.75, 3.05) is 75.3 Å². The molecule has 12 heterocycles. The Kier molecular flexibility index (Phi) is 29.2. The number of phenolic OH excluding ortho intramolecular Hbond substituents is 3. The Bertz CT molecular complexity index is 6500. The number of halogens is 5. The van der Waals surface area contributed by atoms with Gasteiger partial charge in [0.15, 0.2) is 34.2 Å². The zero-order valence-corrected chi connectivity index (χ0v) is 78.6. The topological polar surface area (TPSA) is 438 Å². The molecule has 0 spiro atoms. The molecule has 0 unspecified atom stereocenters. The highest BCUT2D eigenvalue weighted by molar-refractivity contribution is 6.32. The van der Waals surface area contributed by atoms with Gasteiger partial charge in [-0.1, -0.05) is 143 Å². The first-order chi connectivity index (χ1) is 64.3. The van der Waals surface area contributed by atoms with Crippen molar-refractivity contribution in [1.29, 1.82) is 0 Å². The number of likely N-dealkylation sites (tertiary alicyclic amines) is 4. The van der Waals surface area contributed by atoms with Gasteiger partial charge in [0.05, 0.1) is 82.0 Å². The maximum atomic E-state index is 14.7. The van der Waals surface area contributed by atoms with E-state index >= 15 is 0 Å². The summed E-state index contributed by atoms with van der Waals surface area (Å²) in [6.07, 6.45) is 18.1. The summed E-state index contributed by atoms with van der Waals surface area (Å²) in [5.41, 5.74) is 29.1. The molecule has 4 amide bonds. The monoisotopic (exact) mass is 1890 g/mol. The highest BCUT2D eigenvalue weighted by Gasteiger charge is 2.38. The van der Waals surface area contributed by atoms with Gasteiger partial charge < -0.3 is 57.9 Å². The number of nitrogens with zero attached hydrogens (tertiary/aromatic N) is 24. The largest absolute Gasteiger partial charge is 0.508 e. The van der Waals surface area contributed by atoms with Gasteiger partial charge >= 0.3 is 0 Å². The number of rotatable bonds is 12. The van der Waals surface area contributed by atoms with Crippen LogP contribution < -0.4 is 22.9 Å². The molecule has 4 atom stereocenters. The molecule has 0 aliphatic carbocycles. The number of amides is 4. The van der Waals surface area contributed by atoms with Gasteiger partial charge in [-0.15, -0.1) is 0 Å². The first kappa shape index (κ1) is 98.4. The molecular formula is C96H103Cl2F3N28O7. The van der Waals surface area contributed by atoms with Crippen LogP contribution in [0.2, 0.25) is 10.0 Å². The average Bonchev–Trinajstić information content (AvgIpc) is 1.63. The summed E-state index contributed by atoms with van der Waals surface area (Å²) in [5, 5.41) is 51.0. The fourth-order valence-corrected chi connectivity index (χ4v) is 16.9. The first-order valence-corrected chi connectivity index (χ1v) is 44.6. The molecule has 4 aliphatic heterocycles. The summed E-state index contributed by atoms with van der Waals surface area (Å²) in [6, 6.07) is 16.1. The summed E-state index contributed by atoms with van der Waals surface area (Å²) in [5.74, 6) is -2.88. The van der Waals surface area contributed by atoms with Gasteiger partial charge in [-0.2, -0.15) is 20.4 Å². The third kappa shape index (κ3) is 22.2. The molecule has 40 heteroatoms. The van der Waals surface area contributed by atoms with E-state index in [-0.39, 0.29) is 148 Å². The number of hydrogen-bond donors (Lipinski definition) is 7. The lowest BCUT2D eigenvalue weighted by atomic mass is 9.95. The molecule has 4 fully saturated rings. The van der Waals surface area contributed by atoms with Crippen molar-refractivity contribution < 1.29 is 47.7 Å². The Labute approximate surface area is 792 Å². The van der Waals surface area contributed by atoms with Gasteiger partial charge in [-0.3, -0.25) is 19.2 Å². The molecule has 0 radical (unpaired) electrons. The van der Waals surface area contributed by atoms with E-state index in [4.69, 9.17) is 87.7 Å². The normalized spacial score (nSPS) is 17.1. The van der Waals surface area contributed by atoms with Gasteiger partial charge in [0.1, 0.15) is 94.5 Å². The van der Waals surface area contributed by atoms with Crippen LogP contribution in [0.3, 0.4) is 0 Å². The van der Waals surface area contributed by atoms with Crippen LogP contribution in [0.4, 0.5) is 36.4 Å². The molecule has 0 saturated carbocycles. The second kappa shape index (κ2) is 40.3. The van der Waals surface area contributed by atoms with E-state index in [1.807, 2.05) is 83.1 Å². The van der Waals surface area contributed by atoms with Crippen molar-refractivity contribution in [3.63, 3.8) is 0 Å². The van der Waals surface area contributed by atoms with Gasteiger partial charge in [-0.25, -0.2) is 91.2 Å². The van der Waals surface area contributed by atoms with Crippen molar-refractivity contribution in [3.8, 4) is 62.3 Å². The lowest BCUT2D eigenvalue weighted by Gasteiger charge is -2.33. The SMILES string of the molecule is [C-]#[N+]/C(=C\C(C)(C)C)C(=O)N1CCC[C@@H](n2nc(-c3cc(O)ccc3F)c3c(N)ncnc32)C1.[C-]#[N+]/C(=C\C(C)(C)C)C(=O)N1CCC[C@@H](n2nc(-c3ccc(Cl)c(F)c3)c3c(N)ncnc32)C1.[C-]#[N+]/C(=C\C(C)(C)C)C(=O)N1CCC[C@@H](n2nc(-c3ccc(Cl)c(O)c3)c3c(N)ncnc32)C1.[C-]#[N+]/C(=C\C(C)(C)C)C(=O)N1CCC[C@@H](n2nc(-c3ccc(F)c(O)c3)c3c(N)ncnc32)C1. The Hall–Kier alpha value is -15.2. The highest BCUT2D eigenvalue weighted by atomic mass is 35.5. The van der Waals surface area contributed by atoms with Crippen molar-refractivity contribution in [2.24, 2.45) is 21.7 Å². The number of benzene rings is 4. The average molecular weight is 1890 g/mol. The Morgan fingerprint density at radius 1 is 0.375 bits per heavy atom. The van der Waals surface area contributed by atoms with E-state index in [2.05, 4.69) is 64.4 Å². The zero-order valence-electron chi connectivity index (χ0n) is 77.1. The molecule has 8 aromatic heterocycles. The van der Waals surface area contributed by atoms with Crippen molar-refractivity contribution in [2.45, 2.75) is 159 Å². The van der Waals surface area contributed by atoms with Gasteiger partial charge in [-0.05, 0) is 134 Å². The number of nitrogen functional groups attached to an aromatic ring is 4. The molecule has 12 aromatic rings. The number of aromatic nitrogens is 16. The van der Waals surface area contributed by atoms with Crippen molar-refractivity contribution >= 4 is 114 Å². The van der Waals surface area contributed by atoms with Gasteiger partial charge in [0.2, 0.25) is 22.8 Å². The van der Waals surface area contributed by atoms with Gasteiger partial charge in [0, 0.05) is 74.6 Å². The number of hydrogen-bond acceptors (Lipinski definition) is 23. The van der Waals surface area contributed by atoms with Crippen LogP contribution in [0.15, 0.2) is 145 Å². The number of nitrogens with two attached hydrogens (primary N) is 4. The number of piperidine rings is 4. The van der Waals surface area contributed by atoms with E-state index in [1.54, 1.807) is 80.8 Å². The number of anilines is 4. The highest BCUT2D eigenvalue weighted by Crippen LogP contribution is 2.43. The number of carbonyl (C=O) groups is 4. The van der Waals surface area contributed by atoms with Crippen LogP contribution in [0.1, 0.15) is 159 Å². The molecule has 4 saturated heterocycles. The number of phenols is 3. The van der Waals surface area contributed by atoms with E-state index in [1.165, 1.54) is 67.8 Å². The second-order valence-corrected chi connectivity index (χ2v) is 38.7. The van der Waals surface area contributed by atoms with E-state index < -0.39 is 23.2 Å². The molecule has 11 N–H and O–H groups in total. The number of carbonyl (C=O) groups excluding carboxylic acids is 4. The van der Waals surface area contributed by atoms with E-state index in [9.17, 15) is 47.7 Å². The number of aromatic hydroxyl groups is 3. The summed E-state index contributed by atoms with van der Waals surface area (Å²) in [4.78, 5) is 107. The lowest BCUT2D eigenvalue weighted by molar-refractivity contribution is -0.129. The van der Waals surface area contributed by atoms with Crippen LogP contribution in [-0.2, 0) is 19.2 Å². The molecule has 4 aromatic carbocycles. The van der Waals surface area contributed by atoms with E-state index in [0.29, 0.717) is 143 Å². The summed E-state index contributed by atoms with van der Waals surface area (Å²) in [7, 11) is 0. The van der Waals surface area contributed by atoms with E-state index in [0.717, 1.165) is 50.7 Å². The Morgan fingerprint density at radius 3 is 0.949 bits per heavy atom. The molecule has 35 nitrogen and oxygen atoms in total. The third-order valence-electron chi connectivity index (χ3n) is 22.7. The molecular weight excluding hydrogens is 1790 g/mol. The third-order valence-corrected chi connectivity index (χ3v) is 23.3. The Balaban J connectivity index is 0.000000153. The molecule has 704 valence electrons. The standard InChI is InChI=1S/C24H25ClFN7O.C24H26ClN7O2.2C24H26FN7O2/c1-24(2,3)11-18(28-4)23(34)32-9-5-6-15(12-32)33-22-19(21(27)29-13-30-22)20(31-33)14-7-8-16(25)17(26)10-14;2*1-24(2,3)11-17(27-4)23(34)31-9-5-6-15(12-31)32-22-19(21(26)28-13-29-22)20(30-32)14-7-8-16(25)18(33)10-14;1-24(2,3)11-18(27-4)23(34)31-9-5-6-14(12-31)32-22-19(21(26)28-13-29-22)20(30-32)16-10-15(33)7-8-17(16)25/h7-8,10-11,13,15H,5-6,9,12H2,1-3H3,(H2,27,29,30);2*7-8,10-11,13,15,33H,5-6,9,12H2,1-3H3,(H2,26,28,29);7-8,10-11,13-14,33H,5-6,9,12H2,1-3H3,(H2,26,28,29)/b18-11-;2*17-11-;18-11-/t3*15-;14-/m1111/s1. The predicted octanol–water partition coefficient (Wildman–Crippen LogP) is 17.2. The van der Waals surface area contributed by atoms with Crippen LogP contribution >= 0.6 is 23.2 Å². The van der Waals surface area contributed by atoms with Crippen LogP contribution in [0.25, 0.3) is 109 Å². The Morgan fingerprint density at radius 2 is 0.654 bits per heavy atom. The first-order valence-electron chi connectivity index (χ1n) is 43.8. The second-order valence-electron chi connectivity index (χ2n) is 37.8. The zero-order chi connectivity index (χ0) is 98.5. The quantitative estimate of drug-likeness (QED) is 0.0441. The molecule has 0 bridgehead atoms. The fraction of sp³-hybridized carbons (Fsp3) is 0.375. The maximum absolute atomic E-state index is 14.7. The summed E-state index contributed by atoms with van der Waals surface area (Å²) < 4.78 is 49.4. The number of fused-ring (bicyclic) bond motifs is 4. The lowest BCUT2D eigenvalue weighted by Crippen LogP contribution is -2.41. The fourth-order valence-electron chi connectivity index (χ4n) is 16.7. The van der Waals surface area contributed by atoms with Crippen molar-refractivity contribution in [3.05, 3.63) is 218 Å². The minimum absolute atomic E-state index is 0.0112. The molecule has 16 rings (SSSR count). The van der Waals surface area contributed by atoms with Crippen LogP contribution in [0, 0.1) is 65.4 Å². The summed E-state index contributed by atoms with van der Waals surface area (Å²) in [6.45, 7) is 56.9. The maximum Gasteiger partial charge on any atom is 0.252 e. The minimum atomic E-state index is -0.739. The molecule has 4 aliphatic rings. The smallest absolute Gasteiger partial charge is 0.252 e. The van der Waals surface area contributed by atoms with Crippen molar-refractivity contribution in [1.82, 2.24) is 98.6 Å². The van der Waals surface area contributed by atoms with Crippen LogP contribution in [0.5, 0.6) is 17.2 Å². The van der Waals surface area contributed by atoms with Crippen LogP contribution in [-0.4, -0.2) is 190 Å². The minimum Gasteiger partial charge on any atom is -0.508 e.